The summed E-state index contributed by atoms with van der Waals surface area (Å²) in [6.07, 6.45) is 6.05. The Morgan fingerprint density at radius 2 is 1.94 bits per heavy atom. The van der Waals surface area contributed by atoms with Crippen LogP contribution in [0, 0.1) is 13.8 Å². The summed E-state index contributed by atoms with van der Waals surface area (Å²) in [4.78, 5) is 11.8. The lowest BCUT2D eigenvalue weighted by atomic mass is 9.95. The summed E-state index contributed by atoms with van der Waals surface area (Å²) in [5.74, 6) is 0.870. The van der Waals surface area contributed by atoms with Crippen molar-refractivity contribution >= 4 is 5.78 Å². The number of hydrogen-bond donors (Lipinski definition) is 0. The number of allylic oxidation sites excluding steroid dienone is 2. The highest BCUT2D eigenvalue weighted by Gasteiger charge is 2.25. The zero-order chi connectivity index (χ0) is 11.7. The first kappa shape index (κ1) is 11.1. The fourth-order valence-corrected chi connectivity index (χ4v) is 2.18. The van der Waals surface area contributed by atoms with Gasteiger partial charge < -0.3 is 0 Å². The van der Waals surface area contributed by atoms with Gasteiger partial charge in [-0.2, -0.15) is 0 Å². The molecule has 1 saturated carbocycles. The van der Waals surface area contributed by atoms with Gasteiger partial charge in [0.15, 0.2) is 5.78 Å². The highest BCUT2D eigenvalue weighted by Crippen LogP contribution is 2.42. The van der Waals surface area contributed by atoms with E-state index in [-0.39, 0.29) is 5.78 Å². The van der Waals surface area contributed by atoms with Crippen LogP contribution in [-0.4, -0.2) is 5.78 Å². The summed E-state index contributed by atoms with van der Waals surface area (Å²) in [5.41, 5.74) is 4.66. The van der Waals surface area contributed by atoms with Crippen LogP contribution in [0.4, 0.5) is 0 Å². The average Bonchev–Trinajstić information content (AvgIpc) is 3.05. The molecule has 0 saturated heterocycles. The first-order valence-corrected chi connectivity index (χ1v) is 5.91. The largest absolute Gasteiger partial charge is 0.289 e. The van der Waals surface area contributed by atoms with Gasteiger partial charge in [-0.25, -0.2) is 0 Å². The minimum absolute atomic E-state index is 0.116. The van der Waals surface area contributed by atoms with Crippen molar-refractivity contribution < 1.29 is 4.79 Å². The predicted molar refractivity (Wildman–Crippen MR) is 67.0 cm³/mol. The predicted octanol–water partition coefficient (Wildman–Crippen LogP) is 3.94. The quantitative estimate of drug-likeness (QED) is 0.550. The molecule has 1 aliphatic rings. The number of ketones is 1. The zero-order valence-electron chi connectivity index (χ0n) is 10.2. The number of benzene rings is 1. The molecule has 1 fully saturated rings. The molecule has 0 heterocycles. The second-order valence-electron chi connectivity index (χ2n) is 4.66. The first-order chi connectivity index (χ1) is 7.63. The minimum atomic E-state index is 0.116. The van der Waals surface area contributed by atoms with E-state index >= 15 is 0 Å². The van der Waals surface area contributed by atoms with Gasteiger partial charge in [0.05, 0.1) is 0 Å². The Hall–Kier alpha value is -1.37. The Kier molecular flexibility index (Phi) is 2.95. The molecule has 0 spiro atoms. The van der Waals surface area contributed by atoms with Gasteiger partial charge in [-0.1, -0.05) is 12.1 Å². The molecule has 0 aromatic heterocycles. The van der Waals surface area contributed by atoms with Crippen LogP contribution in [0.2, 0.25) is 0 Å². The van der Waals surface area contributed by atoms with E-state index in [2.05, 4.69) is 13.0 Å². The highest BCUT2D eigenvalue weighted by atomic mass is 16.1. The Morgan fingerprint density at radius 1 is 1.25 bits per heavy atom. The van der Waals surface area contributed by atoms with Crippen molar-refractivity contribution in [3.8, 4) is 0 Å². The van der Waals surface area contributed by atoms with Crippen LogP contribution < -0.4 is 0 Å². The van der Waals surface area contributed by atoms with E-state index in [0.29, 0.717) is 0 Å². The molecule has 16 heavy (non-hydrogen) atoms. The number of hydrogen-bond acceptors (Lipinski definition) is 1. The summed E-state index contributed by atoms with van der Waals surface area (Å²) >= 11 is 0. The van der Waals surface area contributed by atoms with Gasteiger partial charge >= 0.3 is 0 Å². The van der Waals surface area contributed by atoms with E-state index < -0.39 is 0 Å². The van der Waals surface area contributed by atoms with Gasteiger partial charge in [0.1, 0.15) is 0 Å². The van der Waals surface area contributed by atoms with Crippen molar-refractivity contribution in [2.24, 2.45) is 0 Å². The fraction of sp³-hybridized carbons (Fsp3) is 0.400. The van der Waals surface area contributed by atoms with E-state index in [4.69, 9.17) is 0 Å². The molecule has 0 bridgehead atoms. The molecule has 0 unspecified atom stereocenters. The Balaban J connectivity index is 2.40. The maximum atomic E-state index is 11.8. The lowest BCUT2D eigenvalue weighted by Crippen LogP contribution is -2.01. The maximum Gasteiger partial charge on any atom is 0.185 e. The molecule has 0 amide bonds. The topological polar surface area (TPSA) is 17.1 Å². The summed E-state index contributed by atoms with van der Waals surface area (Å²) in [6.45, 7) is 6.01. The fourth-order valence-electron chi connectivity index (χ4n) is 2.18. The minimum Gasteiger partial charge on any atom is -0.289 e. The standard InChI is InChI=1S/C15H18O/c1-4-5-15(16)14-9-10(2)13(8-11(14)3)12-6-7-12/h4-5,8-9,12H,6-7H2,1-3H3/b5-4+. The van der Waals surface area contributed by atoms with Gasteiger partial charge in [-0.05, 0) is 68.4 Å². The molecule has 1 aromatic carbocycles. The molecule has 1 heteroatoms. The van der Waals surface area contributed by atoms with E-state index in [1.807, 2.05) is 19.9 Å². The van der Waals surface area contributed by atoms with Gasteiger partial charge in [0.2, 0.25) is 0 Å². The molecule has 1 nitrogen and oxygen atoms in total. The van der Waals surface area contributed by atoms with Crippen molar-refractivity contribution in [2.45, 2.75) is 39.5 Å². The van der Waals surface area contributed by atoms with E-state index in [0.717, 1.165) is 17.0 Å². The molecule has 2 rings (SSSR count). The average molecular weight is 214 g/mol. The van der Waals surface area contributed by atoms with Crippen LogP contribution in [0.15, 0.2) is 24.3 Å². The molecular formula is C15H18O. The first-order valence-electron chi connectivity index (χ1n) is 5.91. The van der Waals surface area contributed by atoms with Gasteiger partial charge in [-0.3, -0.25) is 4.79 Å². The van der Waals surface area contributed by atoms with Crippen LogP contribution >= 0.6 is 0 Å². The molecular weight excluding hydrogens is 196 g/mol. The highest BCUT2D eigenvalue weighted by molar-refractivity contribution is 6.05. The molecule has 84 valence electrons. The van der Waals surface area contributed by atoms with E-state index in [9.17, 15) is 4.79 Å². The Bertz CT molecular complexity index is 451. The number of aryl methyl sites for hydroxylation is 2. The summed E-state index contributed by atoms with van der Waals surface area (Å²) < 4.78 is 0. The molecule has 0 radical (unpaired) electrons. The lowest BCUT2D eigenvalue weighted by Gasteiger charge is -2.09. The second kappa shape index (κ2) is 4.25. The molecule has 1 aromatic rings. The van der Waals surface area contributed by atoms with Crippen LogP contribution in [0.25, 0.3) is 0 Å². The Morgan fingerprint density at radius 3 is 2.50 bits per heavy atom. The van der Waals surface area contributed by atoms with Gasteiger partial charge in [0, 0.05) is 5.56 Å². The normalized spacial score (nSPS) is 15.7. The smallest absolute Gasteiger partial charge is 0.185 e. The molecule has 1 aliphatic carbocycles. The lowest BCUT2D eigenvalue weighted by molar-refractivity contribution is 0.104. The maximum absolute atomic E-state index is 11.8. The van der Waals surface area contributed by atoms with Crippen LogP contribution in [0.1, 0.15) is 52.7 Å². The van der Waals surface area contributed by atoms with Crippen LogP contribution in [0.5, 0.6) is 0 Å². The monoisotopic (exact) mass is 214 g/mol. The van der Waals surface area contributed by atoms with Crippen molar-refractivity contribution in [1.82, 2.24) is 0 Å². The molecule has 0 atom stereocenters. The Labute approximate surface area is 97.2 Å². The molecule has 0 N–H and O–H groups in total. The van der Waals surface area contributed by atoms with Crippen molar-refractivity contribution in [2.75, 3.05) is 0 Å². The second-order valence-corrected chi connectivity index (χ2v) is 4.66. The SMILES string of the molecule is C/C=C/C(=O)c1cc(C)c(C2CC2)cc1C. The number of rotatable bonds is 3. The third kappa shape index (κ3) is 2.08. The van der Waals surface area contributed by atoms with Gasteiger partial charge in [-0.15, -0.1) is 0 Å². The van der Waals surface area contributed by atoms with E-state index in [1.165, 1.54) is 24.0 Å². The van der Waals surface area contributed by atoms with Crippen molar-refractivity contribution in [1.29, 1.82) is 0 Å². The van der Waals surface area contributed by atoms with Crippen LogP contribution in [-0.2, 0) is 0 Å². The van der Waals surface area contributed by atoms with Crippen LogP contribution in [0.3, 0.4) is 0 Å². The number of carbonyl (C=O) groups excluding carboxylic acids is 1. The van der Waals surface area contributed by atoms with E-state index in [1.54, 1.807) is 12.2 Å². The van der Waals surface area contributed by atoms with Crippen molar-refractivity contribution in [3.63, 3.8) is 0 Å². The summed E-state index contributed by atoms with van der Waals surface area (Å²) in [5, 5.41) is 0. The third-order valence-electron chi connectivity index (χ3n) is 3.21. The summed E-state index contributed by atoms with van der Waals surface area (Å²) in [7, 11) is 0. The van der Waals surface area contributed by atoms with Crippen molar-refractivity contribution in [3.05, 3.63) is 46.5 Å². The zero-order valence-corrected chi connectivity index (χ0v) is 10.2. The summed E-state index contributed by atoms with van der Waals surface area (Å²) in [6, 6.07) is 4.25. The molecule has 0 aliphatic heterocycles. The number of carbonyl (C=O) groups is 1. The third-order valence-corrected chi connectivity index (χ3v) is 3.21. The van der Waals surface area contributed by atoms with Gasteiger partial charge in [0.25, 0.3) is 0 Å².